The van der Waals surface area contributed by atoms with E-state index < -0.39 is 52.3 Å². The maximum atomic E-state index is 13.2. The number of hydrogen-bond acceptors (Lipinski definition) is 9. The van der Waals surface area contributed by atoms with Crippen molar-refractivity contribution in [2.24, 2.45) is 10.8 Å². The van der Waals surface area contributed by atoms with Crippen molar-refractivity contribution >= 4 is 11.9 Å². The zero-order valence-electron chi connectivity index (χ0n) is 22.1. The third-order valence-electron chi connectivity index (χ3n) is 10.1. The molecule has 206 valence electrons. The van der Waals surface area contributed by atoms with Crippen molar-refractivity contribution in [2.75, 3.05) is 19.8 Å². The van der Waals surface area contributed by atoms with Gasteiger partial charge in [0.2, 0.25) is 0 Å². The molecule has 2 spiro atoms. The molecule has 0 aromatic rings. The number of epoxide rings is 1. The van der Waals surface area contributed by atoms with Gasteiger partial charge in [-0.2, -0.15) is 0 Å². The van der Waals surface area contributed by atoms with Crippen molar-refractivity contribution in [3.63, 3.8) is 0 Å². The standard InChI is InChI=1S/C29H36O9/c1-17-7-10-27-15-34-24(32)13-19-8-11-35-28(18(2)30,25(19)33)9-5-4-6-23(31)38-20-14-22(37-21(27)12-17)29(16-36-29)26(20,27)3/h4-6,9,12-13,18,20-22,25,30,33H,7-8,10-11,14-16H2,1-3H3/b6-4?,9-5?,19-13+/t18-,20+,21+,22-,25+,26?,27-,28+,29?/m1/s1. The average molecular weight is 529 g/mol. The van der Waals surface area contributed by atoms with Crippen LogP contribution in [0.25, 0.3) is 0 Å². The van der Waals surface area contributed by atoms with Gasteiger partial charge in [-0.1, -0.05) is 30.7 Å². The van der Waals surface area contributed by atoms with Gasteiger partial charge < -0.3 is 33.9 Å². The summed E-state index contributed by atoms with van der Waals surface area (Å²) in [6.07, 6.45) is 8.21. The zero-order valence-corrected chi connectivity index (χ0v) is 22.1. The van der Waals surface area contributed by atoms with Gasteiger partial charge in [0.25, 0.3) is 0 Å². The van der Waals surface area contributed by atoms with E-state index in [1.165, 1.54) is 36.8 Å². The lowest BCUT2D eigenvalue weighted by Gasteiger charge is -2.58. The van der Waals surface area contributed by atoms with Crippen molar-refractivity contribution in [3.05, 3.63) is 47.6 Å². The molecule has 6 rings (SSSR count). The van der Waals surface area contributed by atoms with Crippen LogP contribution >= 0.6 is 0 Å². The lowest BCUT2D eigenvalue weighted by Crippen LogP contribution is -2.66. The fraction of sp³-hybridized carbons (Fsp3) is 0.655. The van der Waals surface area contributed by atoms with Crippen LogP contribution < -0.4 is 0 Å². The fourth-order valence-corrected chi connectivity index (χ4v) is 7.68. The molecule has 38 heavy (non-hydrogen) atoms. The zero-order chi connectivity index (χ0) is 26.9. The summed E-state index contributed by atoms with van der Waals surface area (Å²) < 4.78 is 30.6. The van der Waals surface area contributed by atoms with Gasteiger partial charge >= 0.3 is 11.9 Å². The number of rotatable bonds is 1. The van der Waals surface area contributed by atoms with Crippen LogP contribution in [-0.4, -0.2) is 83.7 Å². The number of hydrogen-bond donors (Lipinski definition) is 2. The first-order chi connectivity index (χ1) is 18.1. The number of carbonyl (C=O) groups is 2. The molecule has 9 nitrogen and oxygen atoms in total. The van der Waals surface area contributed by atoms with Crippen molar-refractivity contribution in [1.29, 1.82) is 0 Å². The van der Waals surface area contributed by atoms with Crippen LogP contribution in [0.15, 0.2) is 47.6 Å². The Hall–Kier alpha value is -2.30. The van der Waals surface area contributed by atoms with Crippen molar-refractivity contribution in [3.8, 4) is 0 Å². The highest BCUT2D eigenvalue weighted by molar-refractivity contribution is 5.83. The van der Waals surface area contributed by atoms with Gasteiger partial charge in [-0.15, -0.1) is 0 Å². The summed E-state index contributed by atoms with van der Waals surface area (Å²) >= 11 is 0. The van der Waals surface area contributed by atoms with Crippen molar-refractivity contribution < 1.29 is 43.5 Å². The Morgan fingerprint density at radius 3 is 2.61 bits per heavy atom. The van der Waals surface area contributed by atoms with Crippen LogP contribution in [0.5, 0.6) is 0 Å². The number of fused-ring (bicyclic) bond motifs is 2. The molecule has 2 unspecified atom stereocenters. The van der Waals surface area contributed by atoms with Crippen LogP contribution in [0.4, 0.5) is 0 Å². The molecular formula is C29H36O9. The first-order valence-corrected chi connectivity index (χ1v) is 13.5. The summed E-state index contributed by atoms with van der Waals surface area (Å²) in [5.41, 5.74) is -1.76. The summed E-state index contributed by atoms with van der Waals surface area (Å²) in [4.78, 5) is 26.2. The Labute approximate surface area is 222 Å². The van der Waals surface area contributed by atoms with E-state index in [4.69, 9.17) is 23.7 Å². The molecule has 3 saturated heterocycles. The third kappa shape index (κ3) is 3.48. The fourth-order valence-electron chi connectivity index (χ4n) is 7.68. The minimum Gasteiger partial charge on any atom is -0.462 e. The Kier molecular flexibility index (Phi) is 6.05. The van der Waals surface area contributed by atoms with E-state index in [-0.39, 0.29) is 25.4 Å². The van der Waals surface area contributed by atoms with E-state index >= 15 is 0 Å². The summed E-state index contributed by atoms with van der Waals surface area (Å²) in [5.74, 6) is -1.10. The first-order valence-electron chi connectivity index (χ1n) is 13.5. The Bertz CT molecular complexity index is 1150. The molecule has 2 N–H and O–H groups in total. The van der Waals surface area contributed by atoms with Crippen molar-refractivity contribution in [1.82, 2.24) is 0 Å². The quantitative estimate of drug-likeness (QED) is 0.299. The van der Waals surface area contributed by atoms with Crippen molar-refractivity contribution in [2.45, 2.75) is 88.2 Å². The molecule has 0 aromatic carbocycles. The topological polar surface area (TPSA) is 124 Å². The monoisotopic (exact) mass is 528 g/mol. The SMILES string of the molecule is CC1=C[C@@H]2O[C@@H]3C[C@@H]4OC(=O)C=CC=C[C@@]5([C@@H](C)O)OCC/C(=C\C(=O)OC[C@@]2(CC1)C4(C)C31CO1)[C@@H]5O. The molecule has 0 aromatic heterocycles. The van der Waals surface area contributed by atoms with Crippen LogP contribution in [0.1, 0.15) is 46.5 Å². The highest BCUT2D eigenvalue weighted by Crippen LogP contribution is 2.72. The maximum absolute atomic E-state index is 13.2. The van der Waals surface area contributed by atoms with Crippen LogP contribution in [0, 0.1) is 10.8 Å². The second kappa shape index (κ2) is 8.86. The second-order valence-corrected chi connectivity index (χ2v) is 11.8. The normalized spacial score (nSPS) is 48.3. The molecule has 4 heterocycles. The van der Waals surface area contributed by atoms with Crippen LogP contribution in [0.2, 0.25) is 0 Å². The lowest BCUT2D eigenvalue weighted by molar-refractivity contribution is -0.232. The number of ether oxygens (including phenoxy) is 5. The number of carbonyl (C=O) groups excluding carboxylic acids is 2. The summed E-state index contributed by atoms with van der Waals surface area (Å²) in [5, 5.41) is 21.7. The minimum absolute atomic E-state index is 0.0519. The number of allylic oxidation sites excluding steroid dienone is 3. The summed E-state index contributed by atoms with van der Waals surface area (Å²) in [6, 6.07) is 0. The molecule has 4 fully saturated rings. The largest absolute Gasteiger partial charge is 0.462 e. The lowest BCUT2D eigenvalue weighted by atomic mass is 9.51. The van der Waals surface area contributed by atoms with Gasteiger partial charge in [-0.05, 0) is 44.8 Å². The predicted octanol–water partition coefficient (Wildman–Crippen LogP) is 2.07. The number of aliphatic hydroxyl groups excluding tert-OH is 2. The van der Waals surface area contributed by atoms with Gasteiger partial charge in [0.05, 0.1) is 36.9 Å². The molecular weight excluding hydrogens is 492 g/mol. The molecule has 2 aliphatic carbocycles. The Morgan fingerprint density at radius 1 is 1.08 bits per heavy atom. The van der Waals surface area contributed by atoms with Gasteiger partial charge in [0.15, 0.2) is 0 Å². The van der Waals surface area contributed by atoms with E-state index in [0.29, 0.717) is 31.4 Å². The predicted molar refractivity (Wildman–Crippen MR) is 134 cm³/mol. The molecule has 4 aliphatic heterocycles. The molecule has 0 radical (unpaired) electrons. The maximum Gasteiger partial charge on any atom is 0.331 e. The summed E-state index contributed by atoms with van der Waals surface area (Å²) in [7, 11) is 0. The Balaban J connectivity index is 1.44. The second-order valence-electron chi connectivity index (χ2n) is 11.8. The number of esters is 2. The van der Waals surface area contributed by atoms with Gasteiger partial charge in [0, 0.05) is 24.0 Å². The van der Waals surface area contributed by atoms with Crippen LogP contribution in [-0.2, 0) is 33.3 Å². The van der Waals surface area contributed by atoms with Gasteiger partial charge in [-0.3, -0.25) is 0 Å². The molecule has 1 saturated carbocycles. The molecule has 6 aliphatic rings. The molecule has 9 heteroatoms. The van der Waals surface area contributed by atoms with E-state index in [9.17, 15) is 19.8 Å². The van der Waals surface area contributed by atoms with E-state index in [2.05, 4.69) is 19.9 Å². The smallest absolute Gasteiger partial charge is 0.331 e. The van der Waals surface area contributed by atoms with E-state index in [0.717, 1.165) is 6.42 Å². The Morgan fingerprint density at radius 2 is 1.87 bits per heavy atom. The number of aliphatic hydroxyl groups is 2. The average Bonchev–Trinajstić information content (AvgIpc) is 3.65. The number of cyclic esters (lactones) is 1. The first kappa shape index (κ1) is 26.0. The molecule has 9 atom stereocenters. The minimum atomic E-state index is -1.47. The van der Waals surface area contributed by atoms with E-state index in [1.54, 1.807) is 6.08 Å². The highest BCUT2D eigenvalue weighted by Gasteiger charge is 2.83. The van der Waals surface area contributed by atoms with E-state index in [1.807, 2.05) is 0 Å². The van der Waals surface area contributed by atoms with Gasteiger partial charge in [-0.25, -0.2) is 9.59 Å². The van der Waals surface area contributed by atoms with Crippen LogP contribution in [0.3, 0.4) is 0 Å². The summed E-state index contributed by atoms with van der Waals surface area (Å²) in [6.45, 7) is 6.43. The molecule has 4 bridgehead atoms. The molecule has 0 amide bonds. The third-order valence-corrected chi connectivity index (χ3v) is 10.1. The highest BCUT2D eigenvalue weighted by atomic mass is 16.6. The van der Waals surface area contributed by atoms with Gasteiger partial charge in [0.1, 0.15) is 30.0 Å².